The van der Waals surface area contributed by atoms with E-state index < -0.39 is 0 Å². The number of amides is 1. The van der Waals surface area contributed by atoms with E-state index in [-0.39, 0.29) is 12.1 Å². The Kier molecular flexibility index (Phi) is 5.20. The number of nitrogens with one attached hydrogen (secondary N) is 2. The van der Waals surface area contributed by atoms with Crippen LogP contribution in [0.5, 0.6) is 0 Å². The minimum absolute atomic E-state index is 0.0124. The van der Waals surface area contributed by atoms with Crippen LogP contribution in [0.4, 0.5) is 5.69 Å². The summed E-state index contributed by atoms with van der Waals surface area (Å²) in [6, 6.07) is 16.1. The molecule has 1 aliphatic rings. The Balaban J connectivity index is 1.30. The maximum Gasteiger partial charge on any atom is 0.263 e. The van der Waals surface area contributed by atoms with E-state index in [4.69, 9.17) is 5.32 Å². The molecule has 0 radical (unpaired) electrons. The molecule has 160 valence electrons. The van der Waals surface area contributed by atoms with Crippen LogP contribution in [0.25, 0.3) is 26.5 Å². The summed E-state index contributed by atoms with van der Waals surface area (Å²) < 4.78 is 1.04. The van der Waals surface area contributed by atoms with E-state index in [1.165, 1.54) is 11.3 Å². The van der Waals surface area contributed by atoms with Gasteiger partial charge in [0.15, 0.2) is 0 Å². The molecule has 7 nitrogen and oxygen atoms in total. The summed E-state index contributed by atoms with van der Waals surface area (Å²) in [5.74, 6) is 0.675. The van der Waals surface area contributed by atoms with Crippen LogP contribution in [-0.2, 0) is 0 Å². The highest BCUT2D eigenvalue weighted by molar-refractivity contribution is 7.20. The van der Waals surface area contributed by atoms with Gasteiger partial charge in [-0.15, -0.1) is 11.3 Å². The molecule has 1 atom stereocenters. The van der Waals surface area contributed by atoms with Crippen LogP contribution in [0, 0.1) is 0 Å². The molecule has 1 unspecified atom stereocenters. The van der Waals surface area contributed by atoms with Crippen LogP contribution in [0.15, 0.2) is 78.2 Å². The molecule has 0 aliphatic carbocycles. The quantitative estimate of drug-likeness (QED) is 0.453. The molecule has 0 saturated carbocycles. The van der Waals surface area contributed by atoms with E-state index >= 15 is 0 Å². The maximum absolute atomic E-state index is 12.3. The predicted octanol–water partition coefficient (Wildman–Crippen LogP) is 5.08. The van der Waals surface area contributed by atoms with Gasteiger partial charge in [-0.1, -0.05) is 42.4 Å². The molecule has 2 N–H and O–H groups in total. The SMILES string of the molecule is CN(C)C(=O)c1cc2ccc(C3=NC=CC(Nc4ccc(-c5cn[nH]c5)cc4)[N-]3)cc2s1. The van der Waals surface area contributed by atoms with Gasteiger partial charge in [0.25, 0.3) is 5.91 Å². The van der Waals surface area contributed by atoms with Crippen molar-refractivity contribution in [3.05, 3.63) is 89.0 Å². The minimum Gasteiger partial charge on any atom is -0.442 e. The van der Waals surface area contributed by atoms with Crippen molar-refractivity contribution in [2.75, 3.05) is 19.4 Å². The molecular formula is C24H21N6OS-. The molecule has 1 aliphatic heterocycles. The highest BCUT2D eigenvalue weighted by Crippen LogP contribution is 2.29. The van der Waals surface area contributed by atoms with Crippen molar-refractivity contribution in [1.29, 1.82) is 0 Å². The van der Waals surface area contributed by atoms with Gasteiger partial charge in [0, 0.05) is 36.2 Å². The molecule has 0 spiro atoms. The smallest absolute Gasteiger partial charge is 0.263 e. The fourth-order valence-electron chi connectivity index (χ4n) is 3.47. The zero-order valence-corrected chi connectivity index (χ0v) is 18.4. The summed E-state index contributed by atoms with van der Waals surface area (Å²) in [4.78, 5) is 19.1. The number of aliphatic imine (C=N–C) groups is 1. The van der Waals surface area contributed by atoms with E-state index in [9.17, 15) is 4.79 Å². The first-order valence-electron chi connectivity index (χ1n) is 10.1. The van der Waals surface area contributed by atoms with Gasteiger partial charge >= 0.3 is 0 Å². The average Bonchev–Trinajstić information content (AvgIpc) is 3.49. The molecule has 5 rings (SSSR count). The second kappa shape index (κ2) is 8.32. The van der Waals surface area contributed by atoms with Crippen molar-refractivity contribution < 1.29 is 4.79 Å². The van der Waals surface area contributed by atoms with Gasteiger partial charge in [-0.3, -0.25) is 9.89 Å². The molecule has 3 heterocycles. The van der Waals surface area contributed by atoms with Crippen LogP contribution in [0.1, 0.15) is 15.2 Å². The number of anilines is 1. The lowest BCUT2D eigenvalue weighted by atomic mass is 10.1. The number of aromatic amines is 1. The standard InChI is InChI=1S/C24H21N6OS/c1-30(2)24(31)21-11-16-3-4-17(12-20(16)32-21)23-25-10-9-22(29-23)28-19-7-5-15(6-8-19)18-13-26-27-14-18/h3-14,22H,1-2H3,(H2-,25,26,27,28,29,31)/q-1. The summed E-state index contributed by atoms with van der Waals surface area (Å²) >= 11 is 1.49. The van der Waals surface area contributed by atoms with Crippen molar-refractivity contribution >= 4 is 38.9 Å². The lowest BCUT2D eigenvalue weighted by Gasteiger charge is -2.31. The molecule has 2 aromatic heterocycles. The normalized spacial score (nSPS) is 15.3. The van der Waals surface area contributed by atoms with Crippen molar-refractivity contribution in [3.8, 4) is 11.1 Å². The van der Waals surface area contributed by atoms with Crippen molar-refractivity contribution in [3.63, 3.8) is 0 Å². The number of rotatable bonds is 5. The highest BCUT2D eigenvalue weighted by Gasteiger charge is 2.13. The second-order valence-electron chi connectivity index (χ2n) is 7.64. The van der Waals surface area contributed by atoms with Gasteiger partial charge in [-0.2, -0.15) is 5.10 Å². The van der Waals surface area contributed by atoms with Crippen LogP contribution in [0.3, 0.4) is 0 Å². The summed E-state index contributed by atoms with van der Waals surface area (Å²) in [7, 11) is 3.52. The maximum atomic E-state index is 12.3. The molecule has 0 saturated heterocycles. The first-order chi connectivity index (χ1) is 15.6. The Morgan fingerprint density at radius 1 is 1.09 bits per heavy atom. The molecule has 0 bridgehead atoms. The van der Waals surface area contributed by atoms with Gasteiger partial charge in [-0.25, -0.2) is 0 Å². The van der Waals surface area contributed by atoms with Crippen molar-refractivity contribution in [2.24, 2.45) is 4.99 Å². The third-order valence-electron chi connectivity index (χ3n) is 5.15. The molecular weight excluding hydrogens is 420 g/mol. The fourth-order valence-corrected chi connectivity index (χ4v) is 4.59. The third-order valence-corrected chi connectivity index (χ3v) is 6.24. The van der Waals surface area contributed by atoms with Crippen LogP contribution < -0.4 is 5.32 Å². The van der Waals surface area contributed by atoms with Gasteiger partial charge < -0.3 is 20.5 Å². The second-order valence-corrected chi connectivity index (χ2v) is 8.72. The molecule has 8 heteroatoms. The Morgan fingerprint density at radius 2 is 1.91 bits per heavy atom. The van der Waals surface area contributed by atoms with E-state index in [0.29, 0.717) is 5.84 Å². The predicted molar refractivity (Wildman–Crippen MR) is 130 cm³/mol. The number of carbonyl (C=O) groups is 1. The molecule has 32 heavy (non-hydrogen) atoms. The average molecular weight is 442 g/mol. The highest BCUT2D eigenvalue weighted by atomic mass is 32.1. The third kappa shape index (κ3) is 4.00. The minimum atomic E-state index is -0.216. The number of amidine groups is 1. The number of H-pyrrole nitrogens is 1. The number of fused-ring (bicyclic) bond motifs is 1. The van der Waals surface area contributed by atoms with Crippen molar-refractivity contribution in [2.45, 2.75) is 6.17 Å². The van der Waals surface area contributed by atoms with Crippen LogP contribution in [-0.4, -0.2) is 47.1 Å². The van der Waals surface area contributed by atoms with E-state index in [2.05, 4.69) is 20.5 Å². The van der Waals surface area contributed by atoms with Gasteiger partial charge in [0.05, 0.1) is 17.2 Å². The van der Waals surface area contributed by atoms with Gasteiger partial charge in [0.1, 0.15) is 0 Å². The molecule has 1 amide bonds. The summed E-state index contributed by atoms with van der Waals surface area (Å²) in [6.07, 6.45) is 7.15. The lowest BCUT2D eigenvalue weighted by molar-refractivity contribution is 0.0832. The number of carbonyl (C=O) groups excluding carboxylic acids is 1. The van der Waals surface area contributed by atoms with Crippen molar-refractivity contribution in [1.82, 2.24) is 15.1 Å². The zero-order valence-electron chi connectivity index (χ0n) is 17.6. The lowest BCUT2D eigenvalue weighted by Crippen LogP contribution is -2.21. The van der Waals surface area contributed by atoms with Crippen LogP contribution >= 0.6 is 11.3 Å². The van der Waals surface area contributed by atoms with E-state index in [1.54, 1.807) is 31.4 Å². The zero-order chi connectivity index (χ0) is 22.1. The number of aromatic nitrogens is 2. The largest absolute Gasteiger partial charge is 0.442 e. The first kappa shape index (κ1) is 20.0. The van der Waals surface area contributed by atoms with Gasteiger partial charge in [-0.05, 0) is 40.8 Å². The number of nitrogens with zero attached hydrogens (tertiary/aromatic N) is 4. The monoisotopic (exact) mass is 441 g/mol. The number of benzene rings is 2. The molecule has 2 aromatic carbocycles. The molecule has 0 fully saturated rings. The Morgan fingerprint density at radius 3 is 2.66 bits per heavy atom. The van der Waals surface area contributed by atoms with E-state index in [1.807, 2.05) is 60.8 Å². The van der Waals surface area contributed by atoms with Gasteiger partial charge in [0.2, 0.25) is 0 Å². The Bertz CT molecular complexity index is 1320. The molecule has 4 aromatic rings. The van der Waals surface area contributed by atoms with E-state index in [0.717, 1.165) is 37.3 Å². The Labute approximate surface area is 189 Å². The summed E-state index contributed by atoms with van der Waals surface area (Å²) in [5, 5.41) is 16.0. The number of hydrogen-bond donors (Lipinski definition) is 2. The first-order valence-corrected chi connectivity index (χ1v) is 11.0. The number of thiophene rings is 1. The topological polar surface area (TPSA) is 87.5 Å². The fraction of sp³-hybridized carbons (Fsp3) is 0.125. The number of hydrogen-bond acceptors (Lipinski definition) is 5. The summed E-state index contributed by atoms with van der Waals surface area (Å²) in [5.41, 5.74) is 4.04. The summed E-state index contributed by atoms with van der Waals surface area (Å²) in [6.45, 7) is 0. The Hall–Kier alpha value is -3.91. The van der Waals surface area contributed by atoms with Crippen LogP contribution in [0.2, 0.25) is 0 Å².